The van der Waals surface area contributed by atoms with Crippen LogP contribution in [-0.2, 0) is 10.0 Å². The van der Waals surface area contributed by atoms with Crippen molar-refractivity contribution in [1.82, 2.24) is 5.32 Å². The number of benzene rings is 1. The molecule has 1 aromatic rings. The third kappa shape index (κ3) is 3.61. The predicted molar refractivity (Wildman–Crippen MR) is 79.2 cm³/mol. The van der Waals surface area contributed by atoms with Gasteiger partial charge in [-0.05, 0) is 43.7 Å². The van der Waals surface area contributed by atoms with Crippen LogP contribution in [0.25, 0.3) is 0 Å². The molecule has 0 saturated carbocycles. The second kappa shape index (κ2) is 5.79. The molecule has 2 rings (SSSR count). The third-order valence-electron chi connectivity index (χ3n) is 3.33. The van der Waals surface area contributed by atoms with E-state index in [0.717, 1.165) is 25.1 Å². The van der Waals surface area contributed by atoms with Gasteiger partial charge in [-0.3, -0.25) is 4.72 Å². The molecule has 0 aromatic heterocycles. The Kier molecular flexibility index (Phi) is 4.31. The van der Waals surface area contributed by atoms with Crippen LogP contribution in [-0.4, -0.2) is 40.9 Å². The molecule has 1 unspecified atom stereocenters. The number of sulfonamides is 1. The predicted octanol–water partition coefficient (Wildman–Crippen LogP) is 1.25. The highest BCUT2D eigenvalue weighted by molar-refractivity contribution is 7.93. The van der Waals surface area contributed by atoms with E-state index in [1.165, 1.54) is 0 Å². The van der Waals surface area contributed by atoms with Gasteiger partial charge in [0.25, 0.3) is 0 Å². The van der Waals surface area contributed by atoms with Crippen molar-refractivity contribution in [2.75, 3.05) is 36.8 Å². The molecule has 19 heavy (non-hydrogen) atoms. The topological polar surface area (TPSA) is 61.4 Å². The Morgan fingerprint density at radius 3 is 2.47 bits per heavy atom. The number of nitrogens with one attached hydrogen (secondary N) is 2. The van der Waals surface area contributed by atoms with E-state index < -0.39 is 10.0 Å². The van der Waals surface area contributed by atoms with E-state index in [4.69, 9.17) is 0 Å². The molecule has 1 saturated heterocycles. The molecule has 1 aliphatic heterocycles. The monoisotopic (exact) mass is 283 g/mol. The van der Waals surface area contributed by atoms with Crippen molar-refractivity contribution in [2.45, 2.75) is 18.1 Å². The molecule has 0 amide bonds. The fourth-order valence-corrected chi connectivity index (χ4v) is 3.61. The molecule has 0 bridgehead atoms. The molecular formula is C13H21N3O2S. The minimum absolute atomic E-state index is 0.338. The molecule has 1 aromatic carbocycles. The highest BCUT2D eigenvalue weighted by Gasteiger charge is 2.26. The van der Waals surface area contributed by atoms with Gasteiger partial charge in [0, 0.05) is 32.0 Å². The average Bonchev–Trinajstić information content (AvgIpc) is 2.40. The first kappa shape index (κ1) is 14.1. The number of anilines is 2. The molecule has 5 nitrogen and oxygen atoms in total. The summed E-state index contributed by atoms with van der Waals surface area (Å²) in [7, 11) is 0.607. The summed E-state index contributed by atoms with van der Waals surface area (Å²) in [5.41, 5.74) is 1.67. The van der Waals surface area contributed by atoms with Crippen molar-refractivity contribution >= 4 is 21.4 Å². The van der Waals surface area contributed by atoms with E-state index in [9.17, 15) is 8.42 Å². The Hall–Kier alpha value is -1.27. The van der Waals surface area contributed by atoms with Crippen LogP contribution in [0.4, 0.5) is 11.4 Å². The lowest BCUT2D eigenvalue weighted by Crippen LogP contribution is -2.41. The second-order valence-electron chi connectivity index (χ2n) is 5.06. The summed E-state index contributed by atoms with van der Waals surface area (Å²) in [6.45, 7) is 1.44. The lowest BCUT2D eigenvalue weighted by molar-refractivity contribution is 0.499. The van der Waals surface area contributed by atoms with E-state index in [1.54, 1.807) is 12.1 Å². The standard InChI is InChI=1S/C13H21N3O2S/c1-16(2)12-7-5-11(6-8-12)15-19(17,18)13-4-3-9-14-10-13/h5-8,13-15H,3-4,9-10H2,1-2H3. The first-order chi connectivity index (χ1) is 8.99. The summed E-state index contributed by atoms with van der Waals surface area (Å²) in [6, 6.07) is 7.39. The van der Waals surface area contributed by atoms with Gasteiger partial charge in [0.15, 0.2) is 0 Å². The van der Waals surface area contributed by atoms with Crippen molar-refractivity contribution in [1.29, 1.82) is 0 Å². The molecule has 1 aliphatic rings. The maximum Gasteiger partial charge on any atom is 0.236 e. The minimum Gasteiger partial charge on any atom is -0.378 e. The van der Waals surface area contributed by atoms with Gasteiger partial charge in [0.05, 0.1) is 5.25 Å². The Morgan fingerprint density at radius 2 is 1.95 bits per heavy atom. The quantitative estimate of drug-likeness (QED) is 0.873. The third-order valence-corrected chi connectivity index (χ3v) is 5.13. The van der Waals surface area contributed by atoms with E-state index >= 15 is 0 Å². The van der Waals surface area contributed by atoms with Gasteiger partial charge >= 0.3 is 0 Å². The molecule has 6 heteroatoms. The molecule has 0 radical (unpaired) electrons. The molecule has 1 atom stereocenters. The van der Waals surface area contributed by atoms with Gasteiger partial charge in [0.2, 0.25) is 10.0 Å². The molecule has 0 aliphatic carbocycles. The van der Waals surface area contributed by atoms with Crippen LogP contribution in [0.5, 0.6) is 0 Å². The van der Waals surface area contributed by atoms with Gasteiger partial charge in [-0.25, -0.2) is 8.42 Å². The van der Waals surface area contributed by atoms with E-state index in [2.05, 4.69) is 10.0 Å². The Bertz CT molecular complexity index is 505. The molecule has 0 spiro atoms. The zero-order valence-corrected chi connectivity index (χ0v) is 12.2. The molecule has 106 valence electrons. The summed E-state index contributed by atoms with van der Waals surface area (Å²) >= 11 is 0. The maximum atomic E-state index is 12.2. The lowest BCUT2D eigenvalue weighted by atomic mass is 10.2. The number of rotatable bonds is 4. The molecular weight excluding hydrogens is 262 g/mol. The van der Waals surface area contributed by atoms with Gasteiger partial charge in [-0.15, -0.1) is 0 Å². The summed E-state index contributed by atoms with van der Waals surface area (Å²) in [4.78, 5) is 1.98. The van der Waals surface area contributed by atoms with Gasteiger partial charge < -0.3 is 10.2 Å². The van der Waals surface area contributed by atoms with E-state index in [1.807, 2.05) is 31.1 Å². The van der Waals surface area contributed by atoms with Crippen molar-refractivity contribution < 1.29 is 8.42 Å². The first-order valence-corrected chi connectivity index (χ1v) is 8.03. The average molecular weight is 283 g/mol. The fourth-order valence-electron chi connectivity index (χ4n) is 2.16. The largest absolute Gasteiger partial charge is 0.378 e. The van der Waals surface area contributed by atoms with Crippen LogP contribution < -0.4 is 14.9 Å². The number of nitrogens with zero attached hydrogens (tertiary/aromatic N) is 1. The van der Waals surface area contributed by atoms with Crippen molar-refractivity contribution in [3.05, 3.63) is 24.3 Å². The number of piperidine rings is 1. The Balaban J connectivity index is 2.06. The fraction of sp³-hybridized carbons (Fsp3) is 0.538. The van der Waals surface area contributed by atoms with Gasteiger partial charge in [0.1, 0.15) is 0 Å². The van der Waals surface area contributed by atoms with Crippen LogP contribution >= 0.6 is 0 Å². The van der Waals surface area contributed by atoms with Crippen molar-refractivity contribution in [3.8, 4) is 0 Å². The SMILES string of the molecule is CN(C)c1ccc(NS(=O)(=O)C2CCCNC2)cc1. The van der Waals surface area contributed by atoms with Gasteiger partial charge in [-0.2, -0.15) is 0 Å². The normalized spacial score (nSPS) is 20.0. The van der Waals surface area contributed by atoms with Gasteiger partial charge in [-0.1, -0.05) is 0 Å². The van der Waals surface area contributed by atoms with Crippen LogP contribution in [0.3, 0.4) is 0 Å². The lowest BCUT2D eigenvalue weighted by Gasteiger charge is -2.23. The molecule has 2 N–H and O–H groups in total. The smallest absolute Gasteiger partial charge is 0.236 e. The first-order valence-electron chi connectivity index (χ1n) is 6.49. The summed E-state index contributed by atoms with van der Waals surface area (Å²) in [5, 5.41) is 2.79. The zero-order chi connectivity index (χ0) is 13.9. The van der Waals surface area contributed by atoms with Crippen LogP contribution in [0, 0.1) is 0 Å². The number of hydrogen-bond donors (Lipinski definition) is 2. The van der Waals surface area contributed by atoms with Crippen molar-refractivity contribution in [3.63, 3.8) is 0 Å². The summed E-state index contributed by atoms with van der Waals surface area (Å²) in [6.07, 6.45) is 1.63. The zero-order valence-electron chi connectivity index (χ0n) is 11.4. The minimum atomic E-state index is -3.30. The van der Waals surface area contributed by atoms with Crippen LogP contribution in [0.2, 0.25) is 0 Å². The van der Waals surface area contributed by atoms with Crippen LogP contribution in [0.15, 0.2) is 24.3 Å². The summed E-state index contributed by atoms with van der Waals surface area (Å²) < 4.78 is 27.1. The molecule has 1 heterocycles. The molecule has 1 fully saturated rings. The van der Waals surface area contributed by atoms with Crippen LogP contribution in [0.1, 0.15) is 12.8 Å². The summed E-state index contributed by atoms with van der Waals surface area (Å²) in [5.74, 6) is 0. The maximum absolute atomic E-state index is 12.2. The highest BCUT2D eigenvalue weighted by Crippen LogP contribution is 2.19. The second-order valence-corrected chi connectivity index (χ2v) is 7.02. The van der Waals surface area contributed by atoms with E-state index in [0.29, 0.717) is 12.2 Å². The van der Waals surface area contributed by atoms with E-state index in [-0.39, 0.29) is 5.25 Å². The highest BCUT2D eigenvalue weighted by atomic mass is 32.2. The van der Waals surface area contributed by atoms with Crippen molar-refractivity contribution in [2.24, 2.45) is 0 Å². The Morgan fingerprint density at radius 1 is 1.26 bits per heavy atom. The Labute approximate surface area is 115 Å². The number of hydrogen-bond acceptors (Lipinski definition) is 4.